The number of hydrogen-bond acceptors (Lipinski definition) is 8. The Morgan fingerprint density at radius 3 is 2.87 bits per heavy atom. The number of aromatic nitrogens is 1. The molecular formula is C22H14N4O4S. The topological polar surface area (TPSA) is 122 Å². The fourth-order valence-electron chi connectivity index (χ4n) is 2.96. The molecule has 2 heterocycles. The Morgan fingerprint density at radius 2 is 2.13 bits per heavy atom. The Bertz CT molecular complexity index is 1450. The predicted octanol–water partition coefficient (Wildman–Crippen LogP) is 5.11. The minimum absolute atomic E-state index is 0.108. The van der Waals surface area contributed by atoms with Crippen molar-refractivity contribution in [2.75, 3.05) is 5.32 Å². The molecule has 0 amide bonds. The SMILES string of the molecule is Cc1cccc(NC=C(C#N)c2nc(-c3cc4cc([N+](=O)[O-])ccc4oc3=O)cs2)c1. The molecule has 0 atom stereocenters. The van der Waals surface area contributed by atoms with Gasteiger partial charge in [-0.15, -0.1) is 11.3 Å². The van der Waals surface area contributed by atoms with Gasteiger partial charge in [-0.3, -0.25) is 10.1 Å². The van der Waals surface area contributed by atoms with Crippen LogP contribution in [0.25, 0.3) is 27.8 Å². The Morgan fingerprint density at radius 1 is 1.29 bits per heavy atom. The number of fused-ring (bicyclic) bond motifs is 1. The van der Waals surface area contributed by atoms with Crippen LogP contribution in [0.4, 0.5) is 11.4 Å². The highest BCUT2D eigenvalue weighted by Gasteiger charge is 2.15. The summed E-state index contributed by atoms with van der Waals surface area (Å²) in [6.45, 7) is 1.97. The van der Waals surface area contributed by atoms with E-state index in [4.69, 9.17) is 4.42 Å². The predicted molar refractivity (Wildman–Crippen MR) is 119 cm³/mol. The number of anilines is 1. The molecule has 1 N–H and O–H groups in total. The third-order valence-corrected chi connectivity index (χ3v) is 5.33. The summed E-state index contributed by atoms with van der Waals surface area (Å²) in [6, 6.07) is 15.3. The van der Waals surface area contributed by atoms with E-state index in [-0.39, 0.29) is 16.8 Å². The molecule has 31 heavy (non-hydrogen) atoms. The highest BCUT2D eigenvalue weighted by Crippen LogP contribution is 2.28. The molecule has 0 saturated heterocycles. The number of nitriles is 1. The quantitative estimate of drug-likeness (QED) is 0.202. The Hall–Kier alpha value is -4.29. The van der Waals surface area contributed by atoms with Crippen LogP contribution in [0.5, 0.6) is 0 Å². The number of nitro benzene ring substituents is 1. The number of nitro groups is 1. The maximum Gasteiger partial charge on any atom is 0.345 e. The van der Waals surface area contributed by atoms with E-state index in [9.17, 15) is 20.2 Å². The lowest BCUT2D eigenvalue weighted by Gasteiger charge is -2.02. The van der Waals surface area contributed by atoms with Gasteiger partial charge in [-0.05, 0) is 36.8 Å². The van der Waals surface area contributed by atoms with Crippen LogP contribution in [0.15, 0.2) is 69.3 Å². The van der Waals surface area contributed by atoms with Gasteiger partial charge in [0.15, 0.2) is 0 Å². The molecule has 0 aliphatic rings. The second kappa shape index (κ2) is 8.22. The van der Waals surface area contributed by atoms with Crippen molar-refractivity contribution in [3.8, 4) is 17.3 Å². The number of hydrogen-bond donors (Lipinski definition) is 1. The standard InChI is InChI=1S/C22H14N4O4S/c1-13-3-2-4-16(7-13)24-11-15(10-23)21-25-19(12-31-21)18-9-14-8-17(26(28)29)5-6-20(14)30-22(18)27/h2-9,11-12,24H,1H3. The largest absolute Gasteiger partial charge is 0.422 e. The van der Waals surface area contributed by atoms with Gasteiger partial charge in [0, 0.05) is 34.8 Å². The zero-order valence-corrected chi connectivity index (χ0v) is 17.0. The van der Waals surface area contributed by atoms with E-state index >= 15 is 0 Å². The minimum Gasteiger partial charge on any atom is -0.422 e. The highest BCUT2D eigenvalue weighted by molar-refractivity contribution is 7.11. The second-order valence-electron chi connectivity index (χ2n) is 6.65. The van der Waals surface area contributed by atoms with Crippen LogP contribution in [-0.4, -0.2) is 9.91 Å². The zero-order valence-electron chi connectivity index (χ0n) is 16.2. The van der Waals surface area contributed by atoms with Crippen molar-refractivity contribution in [2.45, 2.75) is 6.92 Å². The second-order valence-corrected chi connectivity index (χ2v) is 7.51. The van der Waals surface area contributed by atoms with Crippen molar-refractivity contribution in [1.29, 1.82) is 5.26 Å². The molecule has 2 aromatic carbocycles. The van der Waals surface area contributed by atoms with Gasteiger partial charge >= 0.3 is 5.63 Å². The van der Waals surface area contributed by atoms with Gasteiger partial charge in [0.2, 0.25) is 0 Å². The normalized spacial score (nSPS) is 11.3. The van der Waals surface area contributed by atoms with Gasteiger partial charge in [-0.25, -0.2) is 9.78 Å². The van der Waals surface area contributed by atoms with E-state index in [1.807, 2.05) is 31.2 Å². The van der Waals surface area contributed by atoms with Crippen molar-refractivity contribution in [2.24, 2.45) is 0 Å². The molecule has 0 aliphatic carbocycles. The smallest absolute Gasteiger partial charge is 0.345 e. The molecule has 4 aromatic rings. The van der Waals surface area contributed by atoms with Crippen molar-refractivity contribution >= 4 is 39.3 Å². The highest BCUT2D eigenvalue weighted by atomic mass is 32.1. The molecule has 0 saturated carbocycles. The van der Waals surface area contributed by atoms with Gasteiger partial charge in [-0.2, -0.15) is 5.26 Å². The number of allylic oxidation sites excluding steroid dienone is 1. The summed E-state index contributed by atoms with van der Waals surface area (Å²) in [5, 5.41) is 26.1. The van der Waals surface area contributed by atoms with Crippen LogP contribution in [0, 0.1) is 28.4 Å². The van der Waals surface area contributed by atoms with Crippen LogP contribution in [0.3, 0.4) is 0 Å². The summed E-state index contributed by atoms with van der Waals surface area (Å²) in [5.74, 6) is 0. The Balaban J connectivity index is 1.68. The molecule has 0 aliphatic heterocycles. The van der Waals surface area contributed by atoms with Gasteiger partial charge in [-0.1, -0.05) is 12.1 Å². The monoisotopic (exact) mass is 430 g/mol. The summed E-state index contributed by atoms with van der Waals surface area (Å²) in [6.07, 6.45) is 1.56. The number of aryl methyl sites for hydroxylation is 1. The van der Waals surface area contributed by atoms with Crippen LogP contribution in [-0.2, 0) is 0 Å². The molecule has 0 bridgehead atoms. The summed E-state index contributed by atoms with van der Waals surface area (Å²) < 4.78 is 5.29. The van der Waals surface area contributed by atoms with Crippen LogP contribution < -0.4 is 10.9 Å². The van der Waals surface area contributed by atoms with Crippen molar-refractivity contribution in [3.63, 3.8) is 0 Å². The van der Waals surface area contributed by atoms with Gasteiger partial charge in [0.1, 0.15) is 22.2 Å². The molecule has 0 fully saturated rings. The first-order valence-corrected chi connectivity index (χ1v) is 9.94. The van der Waals surface area contributed by atoms with E-state index < -0.39 is 10.5 Å². The first-order valence-electron chi connectivity index (χ1n) is 9.06. The van der Waals surface area contributed by atoms with Crippen LogP contribution in [0.1, 0.15) is 10.6 Å². The number of rotatable bonds is 5. The van der Waals surface area contributed by atoms with Crippen molar-refractivity contribution in [3.05, 3.63) is 91.2 Å². The third-order valence-electron chi connectivity index (χ3n) is 4.46. The van der Waals surface area contributed by atoms with Crippen molar-refractivity contribution in [1.82, 2.24) is 4.98 Å². The van der Waals surface area contributed by atoms with E-state index in [1.165, 1.54) is 35.6 Å². The molecule has 8 nitrogen and oxygen atoms in total. The maximum absolute atomic E-state index is 12.4. The van der Waals surface area contributed by atoms with E-state index in [2.05, 4.69) is 16.4 Å². The van der Waals surface area contributed by atoms with Gasteiger partial charge in [0.25, 0.3) is 5.69 Å². The van der Waals surface area contributed by atoms with E-state index in [0.717, 1.165) is 11.3 Å². The minimum atomic E-state index is -0.612. The van der Waals surface area contributed by atoms with Crippen LogP contribution in [0.2, 0.25) is 0 Å². The fourth-order valence-corrected chi connectivity index (χ4v) is 3.74. The Kier molecular flexibility index (Phi) is 5.30. The number of thiazole rings is 1. The summed E-state index contributed by atoms with van der Waals surface area (Å²) in [7, 11) is 0. The maximum atomic E-state index is 12.4. The molecule has 0 spiro atoms. The van der Waals surface area contributed by atoms with Crippen molar-refractivity contribution < 1.29 is 9.34 Å². The lowest BCUT2D eigenvalue weighted by atomic mass is 10.1. The molecule has 152 valence electrons. The van der Waals surface area contributed by atoms with Gasteiger partial charge < -0.3 is 9.73 Å². The Labute approximate surface area is 179 Å². The third kappa shape index (κ3) is 4.19. The number of nitrogens with zero attached hydrogens (tertiary/aromatic N) is 3. The first kappa shape index (κ1) is 20.0. The first-order chi connectivity index (χ1) is 14.9. The summed E-state index contributed by atoms with van der Waals surface area (Å²) >= 11 is 1.21. The lowest BCUT2D eigenvalue weighted by molar-refractivity contribution is -0.384. The molecule has 0 unspecified atom stereocenters. The van der Waals surface area contributed by atoms with Gasteiger partial charge in [0.05, 0.1) is 16.2 Å². The molecule has 4 rings (SSSR count). The summed E-state index contributed by atoms with van der Waals surface area (Å²) in [4.78, 5) is 27.3. The zero-order chi connectivity index (χ0) is 22.0. The summed E-state index contributed by atoms with van der Waals surface area (Å²) in [5.41, 5.74) is 2.24. The lowest BCUT2D eigenvalue weighted by Crippen LogP contribution is -2.03. The molecular weight excluding hydrogens is 416 g/mol. The van der Waals surface area contributed by atoms with Crippen LogP contribution >= 0.6 is 11.3 Å². The number of non-ortho nitro benzene ring substituents is 1. The average molecular weight is 430 g/mol. The molecule has 0 radical (unpaired) electrons. The fraction of sp³-hybridized carbons (Fsp3) is 0.0455. The molecule has 2 aromatic heterocycles. The van der Waals surface area contributed by atoms with E-state index in [0.29, 0.717) is 21.7 Å². The average Bonchev–Trinajstić information content (AvgIpc) is 3.23. The number of benzene rings is 2. The van der Waals surface area contributed by atoms with E-state index in [1.54, 1.807) is 11.6 Å². The number of nitrogens with one attached hydrogen (secondary N) is 1. The molecule has 9 heteroatoms.